The Morgan fingerprint density at radius 3 is 2.29 bits per heavy atom. The Labute approximate surface area is 126 Å². The molecule has 7 heteroatoms. The number of nitrogens with zero attached hydrogens (tertiary/aromatic N) is 2. The molecule has 21 heavy (non-hydrogen) atoms. The topological polar surface area (TPSA) is 77.9 Å². The summed E-state index contributed by atoms with van der Waals surface area (Å²) in [6, 6.07) is 6.64. The Kier molecular flexibility index (Phi) is 6.32. The van der Waals surface area contributed by atoms with Crippen LogP contribution >= 0.6 is 0 Å². The molecule has 0 radical (unpaired) electrons. The molecule has 118 valence electrons. The van der Waals surface area contributed by atoms with Crippen LogP contribution < -0.4 is 0 Å². The maximum absolute atomic E-state index is 12.3. The highest BCUT2D eigenvalue weighted by atomic mass is 32.2. The summed E-state index contributed by atoms with van der Waals surface area (Å²) in [5.41, 5.74) is 0.845. The lowest BCUT2D eigenvalue weighted by molar-refractivity contribution is 0.0695. The van der Waals surface area contributed by atoms with Gasteiger partial charge in [0.25, 0.3) is 10.2 Å². The van der Waals surface area contributed by atoms with Crippen molar-refractivity contribution in [2.75, 3.05) is 26.7 Å². The molecule has 1 aromatic rings. The number of hydrogen-bond acceptors (Lipinski definition) is 3. The van der Waals surface area contributed by atoms with E-state index in [1.165, 1.54) is 21.7 Å². The number of carbonyl (C=O) groups is 1. The van der Waals surface area contributed by atoms with Gasteiger partial charge >= 0.3 is 5.97 Å². The van der Waals surface area contributed by atoms with E-state index in [0.29, 0.717) is 25.1 Å². The van der Waals surface area contributed by atoms with Gasteiger partial charge in [0.1, 0.15) is 0 Å². The first-order valence-electron chi connectivity index (χ1n) is 6.87. The van der Waals surface area contributed by atoms with Crippen LogP contribution in [-0.2, 0) is 16.6 Å². The van der Waals surface area contributed by atoms with Gasteiger partial charge in [-0.2, -0.15) is 17.0 Å². The Hall–Kier alpha value is -1.44. The monoisotopic (exact) mass is 314 g/mol. The molecule has 0 aliphatic rings. The van der Waals surface area contributed by atoms with E-state index >= 15 is 0 Å². The number of aromatic carboxylic acids is 1. The van der Waals surface area contributed by atoms with Crippen molar-refractivity contribution in [2.24, 2.45) is 0 Å². The first kappa shape index (κ1) is 17.6. The minimum Gasteiger partial charge on any atom is -0.478 e. The molecule has 6 nitrogen and oxygen atoms in total. The third kappa shape index (κ3) is 4.26. The predicted molar refractivity (Wildman–Crippen MR) is 81.6 cm³/mol. The van der Waals surface area contributed by atoms with E-state index in [-0.39, 0.29) is 12.1 Å². The molecule has 0 fully saturated rings. The molecule has 1 aromatic carbocycles. The van der Waals surface area contributed by atoms with Crippen LogP contribution in [0.25, 0.3) is 0 Å². The summed E-state index contributed by atoms with van der Waals surface area (Å²) in [5, 5.41) is 9.12. The summed E-state index contributed by atoms with van der Waals surface area (Å²) in [7, 11) is -1.97. The largest absolute Gasteiger partial charge is 0.478 e. The van der Waals surface area contributed by atoms with Crippen LogP contribution in [0, 0.1) is 0 Å². The highest BCUT2D eigenvalue weighted by Gasteiger charge is 2.24. The Bertz CT molecular complexity index is 582. The smallest absolute Gasteiger partial charge is 0.335 e. The van der Waals surface area contributed by atoms with Gasteiger partial charge < -0.3 is 5.11 Å². The molecule has 0 heterocycles. The maximum Gasteiger partial charge on any atom is 0.335 e. The van der Waals surface area contributed by atoms with Gasteiger partial charge in [0.05, 0.1) is 5.56 Å². The molecule has 0 saturated heterocycles. The number of benzene rings is 1. The Morgan fingerprint density at radius 1 is 1.19 bits per heavy atom. The summed E-state index contributed by atoms with van der Waals surface area (Å²) in [5.74, 6) is -1.00. The zero-order valence-corrected chi connectivity index (χ0v) is 13.4. The second kappa shape index (κ2) is 7.53. The molecule has 0 aromatic heterocycles. The van der Waals surface area contributed by atoms with E-state index in [9.17, 15) is 13.2 Å². The second-order valence-corrected chi connectivity index (χ2v) is 6.66. The molecule has 0 aliphatic heterocycles. The molecule has 0 amide bonds. The summed E-state index contributed by atoms with van der Waals surface area (Å²) < 4.78 is 27.2. The summed E-state index contributed by atoms with van der Waals surface area (Å²) >= 11 is 0. The number of likely N-dealkylation sites (N-methyl/N-ethyl adjacent to an activating group) is 1. The van der Waals surface area contributed by atoms with Gasteiger partial charge in [-0.1, -0.05) is 32.0 Å². The molecule has 0 atom stereocenters. The van der Waals surface area contributed by atoms with Gasteiger partial charge in [-0.3, -0.25) is 0 Å². The lowest BCUT2D eigenvalue weighted by atomic mass is 10.1. The highest BCUT2D eigenvalue weighted by molar-refractivity contribution is 7.86. The van der Waals surface area contributed by atoms with Crippen LogP contribution in [0.2, 0.25) is 0 Å². The van der Waals surface area contributed by atoms with Crippen molar-refractivity contribution >= 4 is 16.2 Å². The van der Waals surface area contributed by atoms with E-state index in [1.54, 1.807) is 32.0 Å². The second-order valence-electron chi connectivity index (χ2n) is 4.63. The van der Waals surface area contributed by atoms with Crippen LogP contribution in [-0.4, -0.2) is 54.8 Å². The fraction of sp³-hybridized carbons (Fsp3) is 0.500. The van der Waals surface area contributed by atoms with Gasteiger partial charge in [-0.15, -0.1) is 0 Å². The standard InChI is InChI=1S/C14H22N2O4S/c1-4-16(5-2)21(19,20)15(3)11-10-12-8-6-7-9-13(12)14(17)18/h6-9H,4-5,10-11H2,1-3H3,(H,17,18). The maximum atomic E-state index is 12.3. The van der Waals surface area contributed by atoms with Crippen molar-refractivity contribution in [3.05, 3.63) is 35.4 Å². The SMILES string of the molecule is CCN(CC)S(=O)(=O)N(C)CCc1ccccc1C(=O)O. The molecule has 0 aliphatic carbocycles. The fourth-order valence-corrected chi connectivity index (χ4v) is 3.46. The molecular formula is C14H22N2O4S. The van der Waals surface area contributed by atoms with Gasteiger partial charge in [0.15, 0.2) is 0 Å². The van der Waals surface area contributed by atoms with E-state index in [4.69, 9.17) is 5.11 Å². The number of hydrogen-bond donors (Lipinski definition) is 1. The summed E-state index contributed by atoms with van der Waals surface area (Å²) in [4.78, 5) is 11.1. The van der Waals surface area contributed by atoms with Crippen LogP contribution in [0.1, 0.15) is 29.8 Å². The average molecular weight is 314 g/mol. The van der Waals surface area contributed by atoms with Crippen molar-refractivity contribution < 1.29 is 18.3 Å². The van der Waals surface area contributed by atoms with E-state index < -0.39 is 16.2 Å². The number of rotatable bonds is 8. The van der Waals surface area contributed by atoms with Gasteiger partial charge in [-0.05, 0) is 18.1 Å². The third-order valence-corrected chi connectivity index (χ3v) is 5.51. The molecule has 1 rings (SSSR count). The van der Waals surface area contributed by atoms with Gasteiger partial charge in [-0.25, -0.2) is 4.79 Å². The minimum atomic E-state index is -3.49. The number of carboxylic acids is 1. The van der Waals surface area contributed by atoms with Crippen molar-refractivity contribution in [3.8, 4) is 0 Å². The van der Waals surface area contributed by atoms with Crippen LogP contribution in [0.15, 0.2) is 24.3 Å². The van der Waals surface area contributed by atoms with Crippen molar-refractivity contribution in [3.63, 3.8) is 0 Å². The molecule has 0 unspecified atom stereocenters. The summed E-state index contributed by atoms with van der Waals surface area (Å²) in [6.07, 6.45) is 0.361. The number of carboxylic acid groups (broad SMARTS) is 1. The van der Waals surface area contributed by atoms with Crippen LogP contribution in [0.4, 0.5) is 0 Å². The van der Waals surface area contributed by atoms with Crippen molar-refractivity contribution in [2.45, 2.75) is 20.3 Å². The molecular weight excluding hydrogens is 292 g/mol. The quantitative estimate of drug-likeness (QED) is 0.787. The highest BCUT2D eigenvalue weighted by Crippen LogP contribution is 2.12. The van der Waals surface area contributed by atoms with E-state index in [1.807, 2.05) is 0 Å². The minimum absolute atomic E-state index is 0.214. The van der Waals surface area contributed by atoms with Gasteiger partial charge in [0.2, 0.25) is 0 Å². The zero-order valence-electron chi connectivity index (χ0n) is 12.6. The first-order valence-corrected chi connectivity index (χ1v) is 8.26. The fourth-order valence-electron chi connectivity index (χ4n) is 2.09. The first-order chi connectivity index (χ1) is 9.84. The Morgan fingerprint density at radius 2 is 1.76 bits per heavy atom. The lowest BCUT2D eigenvalue weighted by Gasteiger charge is -2.25. The summed E-state index contributed by atoms with van der Waals surface area (Å²) in [6.45, 7) is 4.64. The lowest BCUT2D eigenvalue weighted by Crippen LogP contribution is -2.42. The van der Waals surface area contributed by atoms with Crippen LogP contribution in [0.5, 0.6) is 0 Å². The average Bonchev–Trinajstić information content (AvgIpc) is 2.45. The molecule has 1 N–H and O–H groups in total. The van der Waals surface area contributed by atoms with E-state index in [2.05, 4.69) is 0 Å². The predicted octanol–water partition coefficient (Wildman–Crippen LogP) is 1.45. The molecule has 0 bridgehead atoms. The molecule has 0 spiro atoms. The van der Waals surface area contributed by atoms with Gasteiger partial charge in [0, 0.05) is 26.7 Å². The normalized spacial score (nSPS) is 12.0. The zero-order chi connectivity index (χ0) is 16.0. The van der Waals surface area contributed by atoms with E-state index in [0.717, 1.165) is 0 Å². The third-order valence-electron chi connectivity index (χ3n) is 3.37. The van der Waals surface area contributed by atoms with Crippen molar-refractivity contribution in [1.82, 2.24) is 8.61 Å². The van der Waals surface area contributed by atoms with Crippen LogP contribution in [0.3, 0.4) is 0 Å². The molecule has 0 saturated carbocycles. The van der Waals surface area contributed by atoms with Crippen molar-refractivity contribution in [1.29, 1.82) is 0 Å². The Balaban J connectivity index is 2.82.